The number of ketones is 1. The molecule has 0 radical (unpaired) electrons. The van der Waals surface area contributed by atoms with Gasteiger partial charge in [0, 0.05) is 24.7 Å². The lowest BCUT2D eigenvalue weighted by atomic mass is 9.52. The number of allylic oxidation sites excluding steroid dienone is 6. The molecule has 0 amide bonds. The third-order valence-electron chi connectivity index (χ3n) is 9.73. The molecule has 0 aromatic rings. The van der Waals surface area contributed by atoms with Gasteiger partial charge in [-0.15, -0.1) is 0 Å². The number of fused-ring (bicyclic) bond motifs is 4. The van der Waals surface area contributed by atoms with E-state index in [2.05, 4.69) is 26.8 Å². The van der Waals surface area contributed by atoms with Crippen molar-refractivity contribution in [3.63, 3.8) is 0 Å². The number of hydrogen-bond acceptors (Lipinski definition) is 6. The highest BCUT2D eigenvalue weighted by Gasteiger charge is 2.59. The Hall–Kier alpha value is -2.02. The minimum Gasteiger partial charge on any atom is -0.465 e. The molecular weight excluding hydrogens is 456 g/mol. The first kappa shape index (κ1) is 27.0. The van der Waals surface area contributed by atoms with Gasteiger partial charge in [-0.05, 0) is 79.1 Å². The zero-order valence-electron chi connectivity index (χ0n) is 22.5. The lowest BCUT2D eigenvalue weighted by Gasteiger charge is -2.53. The summed E-state index contributed by atoms with van der Waals surface area (Å²) in [5.74, 6) is -0.511. The van der Waals surface area contributed by atoms with E-state index in [9.17, 15) is 24.9 Å². The molecule has 8 unspecified atom stereocenters. The molecule has 0 aliphatic heterocycles. The Morgan fingerprint density at radius 1 is 1.22 bits per heavy atom. The van der Waals surface area contributed by atoms with E-state index in [0.29, 0.717) is 19.3 Å². The number of aliphatic hydroxyl groups is 3. The molecule has 8 atom stereocenters. The van der Waals surface area contributed by atoms with Crippen LogP contribution in [0.4, 0.5) is 0 Å². The van der Waals surface area contributed by atoms with Crippen LogP contribution in [0.5, 0.6) is 0 Å². The molecular formula is C30H42O6. The Morgan fingerprint density at radius 2 is 1.92 bits per heavy atom. The van der Waals surface area contributed by atoms with Crippen LogP contribution in [0, 0.1) is 34.5 Å². The molecule has 1 fully saturated rings. The fourth-order valence-corrected chi connectivity index (χ4v) is 7.32. The Kier molecular flexibility index (Phi) is 7.04. The number of carbonyl (C=O) groups is 2. The quantitative estimate of drug-likeness (QED) is 0.377. The number of esters is 1. The van der Waals surface area contributed by atoms with Crippen molar-refractivity contribution in [1.82, 2.24) is 0 Å². The van der Waals surface area contributed by atoms with Gasteiger partial charge in [0.25, 0.3) is 0 Å². The van der Waals surface area contributed by atoms with Crippen LogP contribution in [0.3, 0.4) is 0 Å². The van der Waals surface area contributed by atoms with E-state index in [-0.39, 0.29) is 47.4 Å². The summed E-state index contributed by atoms with van der Waals surface area (Å²) < 4.78 is 5.18. The van der Waals surface area contributed by atoms with E-state index in [1.165, 1.54) is 6.92 Å². The second-order valence-corrected chi connectivity index (χ2v) is 12.4. The van der Waals surface area contributed by atoms with Gasteiger partial charge >= 0.3 is 5.97 Å². The lowest BCUT2D eigenvalue weighted by Crippen LogP contribution is -2.49. The highest BCUT2D eigenvalue weighted by molar-refractivity contribution is 5.92. The van der Waals surface area contributed by atoms with E-state index in [1.54, 1.807) is 19.9 Å². The predicted molar refractivity (Wildman–Crippen MR) is 138 cm³/mol. The zero-order chi connectivity index (χ0) is 26.6. The summed E-state index contributed by atoms with van der Waals surface area (Å²) in [7, 11) is 0. The van der Waals surface area contributed by atoms with Gasteiger partial charge in [-0.3, -0.25) is 9.59 Å². The lowest BCUT2D eigenvalue weighted by molar-refractivity contribution is -0.143. The van der Waals surface area contributed by atoms with Crippen LogP contribution in [-0.4, -0.2) is 51.5 Å². The summed E-state index contributed by atoms with van der Waals surface area (Å²) in [6.07, 6.45) is 11.0. The highest BCUT2D eigenvalue weighted by atomic mass is 16.5. The summed E-state index contributed by atoms with van der Waals surface area (Å²) in [4.78, 5) is 23.4. The summed E-state index contributed by atoms with van der Waals surface area (Å²) >= 11 is 0. The van der Waals surface area contributed by atoms with Crippen LogP contribution >= 0.6 is 0 Å². The number of hydrogen-bond donors (Lipinski definition) is 3. The van der Waals surface area contributed by atoms with Crippen LogP contribution in [0.2, 0.25) is 0 Å². The molecule has 3 N–H and O–H groups in total. The second kappa shape index (κ2) is 9.38. The van der Waals surface area contributed by atoms with Gasteiger partial charge in [0.15, 0.2) is 5.78 Å². The molecule has 4 rings (SSSR count). The highest BCUT2D eigenvalue weighted by Crippen LogP contribution is 2.63. The fourth-order valence-electron chi connectivity index (χ4n) is 7.32. The first-order valence-electron chi connectivity index (χ1n) is 13.3. The van der Waals surface area contributed by atoms with Gasteiger partial charge in [-0.2, -0.15) is 0 Å². The van der Waals surface area contributed by atoms with Crippen molar-refractivity contribution >= 4 is 11.8 Å². The molecule has 0 heterocycles. The molecule has 6 heteroatoms. The van der Waals surface area contributed by atoms with E-state index in [0.717, 1.165) is 23.1 Å². The Balaban J connectivity index is 1.67. The predicted octanol–water partition coefficient (Wildman–Crippen LogP) is 4.06. The monoisotopic (exact) mass is 498 g/mol. The standard InChI is InChI=1S/C30H42O6/c1-17(7-8-20(28(3,4)35)16-36-18(2)31)23-14-25(33)27-22-10-9-19-13-21(32)11-12-29(19,5)24(22)15-26(34)30(23,27)6/h7-10,13,17,20,23-26,33-35H,11-12,14-16H2,1-6H3. The van der Waals surface area contributed by atoms with Gasteiger partial charge in [0.05, 0.1) is 17.8 Å². The number of rotatable bonds is 6. The first-order chi connectivity index (χ1) is 16.7. The summed E-state index contributed by atoms with van der Waals surface area (Å²) in [6.45, 7) is 11.2. The molecule has 0 spiro atoms. The molecule has 36 heavy (non-hydrogen) atoms. The third kappa shape index (κ3) is 4.46. The van der Waals surface area contributed by atoms with Crippen molar-refractivity contribution < 1.29 is 29.6 Å². The van der Waals surface area contributed by atoms with Gasteiger partial charge in [-0.25, -0.2) is 0 Å². The van der Waals surface area contributed by atoms with E-state index < -0.39 is 23.2 Å². The van der Waals surface area contributed by atoms with Crippen molar-refractivity contribution in [1.29, 1.82) is 0 Å². The summed E-state index contributed by atoms with van der Waals surface area (Å²) in [6, 6.07) is 0. The Bertz CT molecular complexity index is 1040. The zero-order valence-corrected chi connectivity index (χ0v) is 22.5. The number of aliphatic hydroxyl groups excluding tert-OH is 2. The summed E-state index contributed by atoms with van der Waals surface area (Å²) in [5.41, 5.74) is 1.25. The smallest absolute Gasteiger partial charge is 0.302 e. The topological polar surface area (TPSA) is 104 Å². The minimum atomic E-state index is -1.07. The number of ether oxygens (including phenoxy) is 1. The van der Waals surface area contributed by atoms with Gasteiger partial charge in [-0.1, -0.05) is 45.1 Å². The molecule has 4 aliphatic carbocycles. The van der Waals surface area contributed by atoms with E-state index in [4.69, 9.17) is 4.74 Å². The Labute approximate surface area is 214 Å². The van der Waals surface area contributed by atoms with Gasteiger partial charge < -0.3 is 20.1 Å². The summed E-state index contributed by atoms with van der Waals surface area (Å²) in [5, 5.41) is 33.6. The molecule has 0 bridgehead atoms. The number of carbonyl (C=O) groups excluding carboxylic acids is 2. The SMILES string of the molecule is CC(=O)OCC(C=CC(C)C1CC(O)C2=C3C=CC4=CC(=O)CCC4(C)C3CC(O)C21C)C(C)(C)O. The van der Waals surface area contributed by atoms with Crippen molar-refractivity contribution in [2.75, 3.05) is 6.61 Å². The van der Waals surface area contributed by atoms with Crippen LogP contribution in [-0.2, 0) is 14.3 Å². The van der Waals surface area contributed by atoms with Crippen LogP contribution in [0.25, 0.3) is 0 Å². The maximum absolute atomic E-state index is 12.1. The maximum Gasteiger partial charge on any atom is 0.302 e. The van der Waals surface area contributed by atoms with Crippen molar-refractivity contribution in [2.45, 2.75) is 85.0 Å². The molecule has 198 valence electrons. The molecule has 0 saturated heterocycles. The van der Waals surface area contributed by atoms with Crippen molar-refractivity contribution in [2.24, 2.45) is 34.5 Å². The van der Waals surface area contributed by atoms with Crippen LogP contribution < -0.4 is 0 Å². The average molecular weight is 499 g/mol. The van der Waals surface area contributed by atoms with E-state index >= 15 is 0 Å². The Morgan fingerprint density at radius 3 is 2.56 bits per heavy atom. The second-order valence-electron chi connectivity index (χ2n) is 12.4. The fraction of sp³-hybridized carbons (Fsp3) is 0.667. The third-order valence-corrected chi connectivity index (χ3v) is 9.73. The molecule has 6 nitrogen and oxygen atoms in total. The van der Waals surface area contributed by atoms with Gasteiger partial charge in [0.1, 0.15) is 6.61 Å². The molecule has 1 saturated carbocycles. The maximum atomic E-state index is 12.1. The van der Waals surface area contributed by atoms with E-state index in [1.807, 2.05) is 18.2 Å². The molecule has 0 aromatic heterocycles. The average Bonchev–Trinajstić information content (AvgIpc) is 3.06. The normalized spacial score (nSPS) is 37.8. The molecule has 4 aliphatic rings. The first-order valence-corrected chi connectivity index (χ1v) is 13.3. The van der Waals surface area contributed by atoms with Crippen molar-refractivity contribution in [3.8, 4) is 0 Å². The van der Waals surface area contributed by atoms with Crippen molar-refractivity contribution in [3.05, 3.63) is 47.1 Å². The largest absolute Gasteiger partial charge is 0.465 e. The molecule has 0 aromatic carbocycles. The van der Waals surface area contributed by atoms with Gasteiger partial charge in [0.2, 0.25) is 0 Å². The van der Waals surface area contributed by atoms with Crippen LogP contribution in [0.1, 0.15) is 67.2 Å². The minimum absolute atomic E-state index is 0.00413. The van der Waals surface area contributed by atoms with Crippen LogP contribution in [0.15, 0.2) is 47.1 Å².